The van der Waals surface area contributed by atoms with Crippen LogP contribution in [0.2, 0.25) is 0 Å². The zero-order valence-electron chi connectivity index (χ0n) is 22.9. The molecule has 0 radical (unpaired) electrons. The Kier molecular flexibility index (Phi) is 7.16. The molecule has 7 rings (SSSR count). The van der Waals surface area contributed by atoms with Gasteiger partial charge in [0.05, 0.1) is 5.52 Å². The standard InChI is InChI=1S/C32H37FN4O3/c33-31-22(3-7-30-28(31)6-8-29(35-30)21-10-14-39-15-11-21)18-36-13-9-26(20-36)40-25-4-5-27-23(16-25)19-37(32(27)38)24-2-1-12-34-17-24/h3-8,16,21,24,26,34H,1-2,9-15,17-20H2/t24-,26-/m0/s1. The fraction of sp³-hybridized carbons (Fsp3) is 0.500. The van der Waals surface area contributed by atoms with Crippen molar-refractivity contribution in [3.05, 3.63) is 70.7 Å². The lowest BCUT2D eigenvalue weighted by Gasteiger charge is -2.31. The number of hydrogen-bond acceptors (Lipinski definition) is 6. The van der Waals surface area contributed by atoms with E-state index in [2.05, 4.69) is 10.2 Å². The van der Waals surface area contributed by atoms with Crippen molar-refractivity contribution in [1.29, 1.82) is 0 Å². The molecule has 1 amide bonds. The molecule has 2 atom stereocenters. The van der Waals surface area contributed by atoms with E-state index in [0.717, 1.165) is 99.6 Å². The van der Waals surface area contributed by atoms with Crippen LogP contribution in [0.25, 0.3) is 10.9 Å². The SMILES string of the molecule is O=C1c2ccc(O[C@H]3CCN(Cc4ccc5nc(C6CCOCC6)ccc5c4F)C3)cc2CN1[C@H]1CCCNC1. The highest BCUT2D eigenvalue weighted by Crippen LogP contribution is 2.32. The summed E-state index contributed by atoms with van der Waals surface area (Å²) in [6.07, 6.45) is 5.03. The summed E-state index contributed by atoms with van der Waals surface area (Å²) in [6, 6.07) is 13.9. The molecule has 0 saturated carbocycles. The molecule has 3 saturated heterocycles. The molecule has 0 bridgehead atoms. The minimum absolute atomic E-state index is 0.0426. The van der Waals surface area contributed by atoms with Gasteiger partial charge in [0, 0.05) is 80.1 Å². The first-order chi connectivity index (χ1) is 19.6. The second kappa shape index (κ2) is 11.1. The lowest BCUT2D eigenvalue weighted by atomic mass is 9.95. The number of pyridine rings is 1. The van der Waals surface area contributed by atoms with E-state index in [-0.39, 0.29) is 23.9 Å². The molecule has 1 aromatic heterocycles. The number of halogens is 1. The van der Waals surface area contributed by atoms with E-state index in [1.807, 2.05) is 47.4 Å². The van der Waals surface area contributed by atoms with Gasteiger partial charge in [0.25, 0.3) is 5.91 Å². The number of piperidine rings is 1. The summed E-state index contributed by atoms with van der Waals surface area (Å²) >= 11 is 0. The molecular formula is C32H37FN4O3. The van der Waals surface area contributed by atoms with E-state index in [1.165, 1.54) is 0 Å². The molecule has 8 heteroatoms. The molecule has 4 aliphatic heterocycles. The predicted molar refractivity (Wildman–Crippen MR) is 151 cm³/mol. The fourth-order valence-electron chi connectivity index (χ4n) is 6.83. The van der Waals surface area contributed by atoms with Crippen molar-refractivity contribution in [2.24, 2.45) is 0 Å². The molecule has 210 valence electrons. The summed E-state index contributed by atoms with van der Waals surface area (Å²) in [6.45, 7) is 6.23. The van der Waals surface area contributed by atoms with Crippen LogP contribution in [0.3, 0.4) is 0 Å². The number of carbonyl (C=O) groups is 1. The third kappa shape index (κ3) is 5.08. The van der Waals surface area contributed by atoms with Gasteiger partial charge < -0.3 is 19.7 Å². The van der Waals surface area contributed by atoms with E-state index < -0.39 is 0 Å². The van der Waals surface area contributed by atoms with Gasteiger partial charge in [0.1, 0.15) is 17.7 Å². The minimum Gasteiger partial charge on any atom is -0.489 e. The van der Waals surface area contributed by atoms with Crippen molar-refractivity contribution < 1.29 is 18.7 Å². The van der Waals surface area contributed by atoms with Gasteiger partial charge in [-0.15, -0.1) is 0 Å². The van der Waals surface area contributed by atoms with Crippen LogP contribution in [0, 0.1) is 5.82 Å². The highest BCUT2D eigenvalue weighted by molar-refractivity contribution is 5.98. The van der Waals surface area contributed by atoms with Crippen LogP contribution in [0.1, 0.15) is 65.2 Å². The molecule has 3 aromatic rings. The Morgan fingerprint density at radius 3 is 2.83 bits per heavy atom. The maximum Gasteiger partial charge on any atom is 0.254 e. The predicted octanol–water partition coefficient (Wildman–Crippen LogP) is 4.63. The first-order valence-electron chi connectivity index (χ1n) is 14.8. The average molecular weight is 545 g/mol. The Bertz CT molecular complexity index is 1400. The van der Waals surface area contributed by atoms with Gasteiger partial charge in [-0.2, -0.15) is 0 Å². The molecule has 40 heavy (non-hydrogen) atoms. The van der Waals surface area contributed by atoms with Gasteiger partial charge in [-0.25, -0.2) is 4.39 Å². The molecule has 2 aromatic carbocycles. The molecule has 0 spiro atoms. The van der Waals surface area contributed by atoms with Gasteiger partial charge in [0.15, 0.2) is 0 Å². The zero-order valence-corrected chi connectivity index (χ0v) is 22.9. The highest BCUT2D eigenvalue weighted by Gasteiger charge is 2.34. The Morgan fingerprint density at radius 1 is 1.07 bits per heavy atom. The van der Waals surface area contributed by atoms with Crippen LogP contribution in [-0.2, 0) is 17.8 Å². The van der Waals surface area contributed by atoms with E-state index in [4.69, 9.17) is 14.5 Å². The summed E-state index contributed by atoms with van der Waals surface area (Å²) in [4.78, 5) is 22.0. The molecule has 3 fully saturated rings. The fourth-order valence-corrected chi connectivity index (χ4v) is 6.83. The topological polar surface area (TPSA) is 66.9 Å². The largest absolute Gasteiger partial charge is 0.489 e. The number of benzene rings is 2. The van der Waals surface area contributed by atoms with E-state index in [1.54, 1.807) is 0 Å². The summed E-state index contributed by atoms with van der Waals surface area (Å²) < 4.78 is 27.3. The number of likely N-dealkylation sites (tertiary alicyclic amines) is 1. The van der Waals surface area contributed by atoms with Crippen LogP contribution in [0.15, 0.2) is 42.5 Å². The number of amides is 1. The van der Waals surface area contributed by atoms with Crippen molar-refractivity contribution in [3.63, 3.8) is 0 Å². The summed E-state index contributed by atoms with van der Waals surface area (Å²) in [5.41, 5.74) is 4.31. The third-order valence-electron chi connectivity index (χ3n) is 9.09. The van der Waals surface area contributed by atoms with Crippen LogP contribution < -0.4 is 10.1 Å². The quantitative estimate of drug-likeness (QED) is 0.488. The van der Waals surface area contributed by atoms with Gasteiger partial charge in [-0.05, 0) is 80.6 Å². The maximum atomic E-state index is 15.5. The molecule has 0 aliphatic carbocycles. The number of nitrogens with zero attached hydrogens (tertiary/aromatic N) is 3. The molecule has 5 heterocycles. The van der Waals surface area contributed by atoms with Crippen LogP contribution in [-0.4, -0.2) is 72.2 Å². The number of fused-ring (bicyclic) bond motifs is 2. The summed E-state index contributed by atoms with van der Waals surface area (Å²) in [5.74, 6) is 1.16. The van der Waals surface area contributed by atoms with Crippen LogP contribution in [0.4, 0.5) is 4.39 Å². The first kappa shape index (κ1) is 25.9. The Labute approximate surface area is 234 Å². The van der Waals surface area contributed by atoms with E-state index in [0.29, 0.717) is 30.0 Å². The number of nitrogens with one attached hydrogen (secondary N) is 1. The van der Waals surface area contributed by atoms with Crippen molar-refractivity contribution in [1.82, 2.24) is 20.1 Å². The third-order valence-corrected chi connectivity index (χ3v) is 9.09. The molecular weight excluding hydrogens is 507 g/mol. The lowest BCUT2D eigenvalue weighted by Crippen LogP contribution is -2.46. The first-order valence-corrected chi connectivity index (χ1v) is 14.8. The van der Waals surface area contributed by atoms with Gasteiger partial charge >= 0.3 is 0 Å². The van der Waals surface area contributed by atoms with E-state index in [9.17, 15) is 4.79 Å². The molecule has 4 aliphatic rings. The van der Waals surface area contributed by atoms with Crippen LogP contribution >= 0.6 is 0 Å². The summed E-state index contributed by atoms with van der Waals surface area (Å²) in [7, 11) is 0. The zero-order chi connectivity index (χ0) is 27.1. The Hall–Kier alpha value is -3.07. The number of rotatable bonds is 6. The second-order valence-electron chi connectivity index (χ2n) is 11.7. The number of ether oxygens (including phenoxy) is 2. The number of aromatic nitrogens is 1. The van der Waals surface area contributed by atoms with Gasteiger partial charge in [-0.1, -0.05) is 6.07 Å². The van der Waals surface area contributed by atoms with Crippen molar-refractivity contribution >= 4 is 16.8 Å². The molecule has 0 unspecified atom stereocenters. The van der Waals surface area contributed by atoms with Crippen molar-refractivity contribution in [2.45, 2.75) is 63.3 Å². The normalized spacial score (nSPS) is 24.1. The monoisotopic (exact) mass is 544 g/mol. The minimum atomic E-state index is -0.172. The van der Waals surface area contributed by atoms with E-state index >= 15 is 4.39 Å². The Balaban J connectivity index is 0.980. The molecule has 7 nitrogen and oxygen atoms in total. The van der Waals surface area contributed by atoms with Crippen molar-refractivity contribution in [2.75, 3.05) is 39.4 Å². The van der Waals surface area contributed by atoms with Crippen molar-refractivity contribution in [3.8, 4) is 5.75 Å². The lowest BCUT2D eigenvalue weighted by molar-refractivity contribution is 0.0674. The summed E-state index contributed by atoms with van der Waals surface area (Å²) in [5, 5.41) is 4.00. The van der Waals surface area contributed by atoms with Gasteiger partial charge in [-0.3, -0.25) is 14.7 Å². The Morgan fingerprint density at radius 2 is 1.98 bits per heavy atom. The maximum absolute atomic E-state index is 15.5. The smallest absolute Gasteiger partial charge is 0.254 e. The van der Waals surface area contributed by atoms with Gasteiger partial charge in [0.2, 0.25) is 0 Å². The molecule has 1 N–H and O–H groups in total. The van der Waals surface area contributed by atoms with Crippen LogP contribution in [0.5, 0.6) is 5.75 Å². The average Bonchev–Trinajstić information content (AvgIpc) is 3.58. The highest BCUT2D eigenvalue weighted by atomic mass is 19.1. The second-order valence-corrected chi connectivity index (χ2v) is 11.7. The number of hydrogen-bond donors (Lipinski definition) is 1. The number of carbonyl (C=O) groups excluding carboxylic acids is 1.